The lowest BCUT2D eigenvalue weighted by Crippen LogP contribution is -2.31. The summed E-state index contributed by atoms with van der Waals surface area (Å²) >= 11 is 0.957. The predicted octanol–water partition coefficient (Wildman–Crippen LogP) is 2.69. The Labute approximate surface area is 127 Å². The Hall–Kier alpha value is -1.79. The summed E-state index contributed by atoms with van der Waals surface area (Å²) in [5, 5.41) is -0.255. The maximum absolute atomic E-state index is 12.2. The second-order valence-corrected chi connectivity index (χ2v) is 5.54. The molecule has 112 valence electrons. The fourth-order valence-corrected chi connectivity index (χ4v) is 2.81. The van der Waals surface area contributed by atoms with Gasteiger partial charge in [0.1, 0.15) is 5.75 Å². The maximum Gasteiger partial charge on any atom is 0.293 e. The fraction of sp³-hybridized carbons (Fsp3) is 0.333. The Bertz CT molecular complexity index is 597. The molecular formula is C15H17NO4S. The molecule has 5 nitrogen and oxygen atoms in total. The molecule has 0 saturated carbocycles. The summed E-state index contributed by atoms with van der Waals surface area (Å²) in [4.78, 5) is 25.7. The zero-order chi connectivity index (χ0) is 15.4. The van der Waals surface area contributed by atoms with Crippen LogP contribution in [0, 0.1) is 6.92 Å². The minimum absolute atomic E-state index is 0.255. The number of carbonyl (C=O) groups is 2. The van der Waals surface area contributed by atoms with E-state index < -0.39 is 0 Å². The molecule has 1 aromatic rings. The molecule has 0 unspecified atom stereocenters. The van der Waals surface area contributed by atoms with Crippen LogP contribution in [0.5, 0.6) is 5.75 Å². The molecule has 1 aliphatic rings. The van der Waals surface area contributed by atoms with Crippen molar-refractivity contribution in [2.75, 3.05) is 27.4 Å². The van der Waals surface area contributed by atoms with Gasteiger partial charge in [-0.1, -0.05) is 6.07 Å². The molecule has 0 aliphatic carbocycles. The van der Waals surface area contributed by atoms with Crippen LogP contribution in [0.2, 0.25) is 0 Å². The number of hydrogen-bond acceptors (Lipinski definition) is 5. The van der Waals surface area contributed by atoms with Gasteiger partial charge in [0, 0.05) is 7.11 Å². The quantitative estimate of drug-likeness (QED) is 0.783. The molecular weight excluding hydrogens is 290 g/mol. The van der Waals surface area contributed by atoms with Gasteiger partial charge in [0.05, 0.1) is 25.2 Å². The molecule has 6 heteroatoms. The SMILES string of the molecule is COCCN1C(=O)S/C(=C/c2ccc(OC)cc2C)C1=O. The van der Waals surface area contributed by atoms with E-state index in [-0.39, 0.29) is 17.7 Å². The monoisotopic (exact) mass is 307 g/mol. The number of ether oxygens (including phenoxy) is 2. The van der Waals surface area contributed by atoms with Gasteiger partial charge >= 0.3 is 0 Å². The van der Waals surface area contributed by atoms with E-state index in [0.717, 1.165) is 28.6 Å². The molecule has 0 N–H and O–H groups in total. The average Bonchev–Trinajstić information content (AvgIpc) is 2.73. The minimum atomic E-state index is -0.266. The largest absolute Gasteiger partial charge is 0.497 e. The van der Waals surface area contributed by atoms with Crippen LogP contribution in [0.1, 0.15) is 11.1 Å². The summed E-state index contributed by atoms with van der Waals surface area (Å²) in [6, 6.07) is 5.59. The number of methoxy groups -OCH3 is 2. The molecule has 0 radical (unpaired) electrons. The van der Waals surface area contributed by atoms with E-state index in [1.807, 2.05) is 25.1 Å². The van der Waals surface area contributed by atoms with Crippen molar-refractivity contribution in [2.45, 2.75) is 6.92 Å². The van der Waals surface area contributed by atoms with Gasteiger partial charge in [-0.3, -0.25) is 14.5 Å². The minimum Gasteiger partial charge on any atom is -0.497 e. The van der Waals surface area contributed by atoms with E-state index >= 15 is 0 Å². The van der Waals surface area contributed by atoms with Crippen LogP contribution in [0.25, 0.3) is 6.08 Å². The smallest absolute Gasteiger partial charge is 0.293 e. The highest BCUT2D eigenvalue weighted by Gasteiger charge is 2.34. The number of amides is 2. The lowest BCUT2D eigenvalue weighted by atomic mass is 10.1. The first-order valence-electron chi connectivity index (χ1n) is 6.45. The van der Waals surface area contributed by atoms with E-state index in [0.29, 0.717) is 11.5 Å². The number of benzene rings is 1. The van der Waals surface area contributed by atoms with E-state index in [4.69, 9.17) is 9.47 Å². The zero-order valence-corrected chi connectivity index (χ0v) is 13.0. The standard InChI is InChI=1S/C15H17NO4S/c1-10-8-12(20-3)5-4-11(10)9-13-14(17)16(6-7-19-2)15(18)21-13/h4-5,8-9H,6-7H2,1-3H3/b13-9+. The van der Waals surface area contributed by atoms with Crippen LogP contribution in [-0.2, 0) is 9.53 Å². The Morgan fingerprint density at radius 3 is 2.67 bits per heavy atom. The Balaban J connectivity index is 2.22. The third kappa shape index (κ3) is 3.46. The second-order valence-electron chi connectivity index (χ2n) is 4.55. The molecule has 1 saturated heterocycles. The average molecular weight is 307 g/mol. The molecule has 0 aromatic heterocycles. The Morgan fingerprint density at radius 1 is 1.29 bits per heavy atom. The lowest BCUT2D eigenvalue weighted by molar-refractivity contribution is -0.123. The normalized spacial score (nSPS) is 16.9. The summed E-state index contributed by atoms with van der Waals surface area (Å²) in [6.45, 7) is 2.55. The highest BCUT2D eigenvalue weighted by molar-refractivity contribution is 8.18. The van der Waals surface area contributed by atoms with Crippen molar-refractivity contribution in [3.05, 3.63) is 34.2 Å². The molecule has 2 rings (SSSR count). The molecule has 1 fully saturated rings. The molecule has 0 spiro atoms. The number of hydrogen-bond donors (Lipinski definition) is 0. The lowest BCUT2D eigenvalue weighted by Gasteiger charge is -2.10. The number of rotatable bonds is 5. The topological polar surface area (TPSA) is 55.8 Å². The van der Waals surface area contributed by atoms with Crippen molar-refractivity contribution in [3.8, 4) is 5.75 Å². The Kier molecular flexibility index (Phi) is 5.03. The van der Waals surface area contributed by atoms with Crippen LogP contribution in [0.4, 0.5) is 4.79 Å². The zero-order valence-electron chi connectivity index (χ0n) is 12.2. The van der Waals surface area contributed by atoms with Crippen LogP contribution >= 0.6 is 11.8 Å². The van der Waals surface area contributed by atoms with Crippen LogP contribution in [0.15, 0.2) is 23.1 Å². The first-order chi connectivity index (χ1) is 10.1. The molecule has 2 amide bonds. The molecule has 1 aromatic carbocycles. The first kappa shape index (κ1) is 15.6. The van der Waals surface area contributed by atoms with Gasteiger partial charge in [0.15, 0.2) is 0 Å². The van der Waals surface area contributed by atoms with E-state index in [1.165, 1.54) is 12.0 Å². The summed E-state index contributed by atoms with van der Waals surface area (Å²) in [5.41, 5.74) is 1.88. The van der Waals surface area contributed by atoms with Gasteiger partial charge in [-0.15, -0.1) is 0 Å². The van der Waals surface area contributed by atoms with Gasteiger partial charge in [-0.2, -0.15) is 0 Å². The third-order valence-corrected chi connectivity index (χ3v) is 4.06. The molecule has 0 bridgehead atoms. The van der Waals surface area contributed by atoms with Crippen molar-refractivity contribution in [1.82, 2.24) is 4.90 Å². The number of nitrogens with zero attached hydrogens (tertiary/aromatic N) is 1. The Morgan fingerprint density at radius 2 is 2.05 bits per heavy atom. The second kappa shape index (κ2) is 6.78. The van der Waals surface area contributed by atoms with Gasteiger partial charge in [0.2, 0.25) is 0 Å². The van der Waals surface area contributed by atoms with Gasteiger partial charge in [0.25, 0.3) is 11.1 Å². The fourth-order valence-electron chi connectivity index (χ4n) is 1.95. The summed E-state index contributed by atoms with van der Waals surface area (Å²) < 4.78 is 10.1. The van der Waals surface area contributed by atoms with Crippen molar-refractivity contribution < 1.29 is 19.1 Å². The van der Waals surface area contributed by atoms with Crippen LogP contribution in [0.3, 0.4) is 0 Å². The predicted molar refractivity (Wildman–Crippen MR) is 82.3 cm³/mol. The summed E-state index contributed by atoms with van der Waals surface area (Å²) in [5.74, 6) is 0.495. The van der Waals surface area contributed by atoms with E-state index in [2.05, 4.69) is 0 Å². The third-order valence-electron chi connectivity index (χ3n) is 3.16. The maximum atomic E-state index is 12.2. The summed E-state index contributed by atoms with van der Waals surface area (Å²) in [6.07, 6.45) is 1.74. The molecule has 21 heavy (non-hydrogen) atoms. The van der Waals surface area contributed by atoms with E-state index in [1.54, 1.807) is 13.2 Å². The highest BCUT2D eigenvalue weighted by atomic mass is 32.2. The molecule has 1 aliphatic heterocycles. The van der Waals surface area contributed by atoms with Crippen molar-refractivity contribution >= 4 is 29.0 Å². The first-order valence-corrected chi connectivity index (χ1v) is 7.27. The number of aryl methyl sites for hydroxylation is 1. The highest BCUT2D eigenvalue weighted by Crippen LogP contribution is 2.32. The number of imide groups is 1. The van der Waals surface area contributed by atoms with Crippen molar-refractivity contribution in [1.29, 1.82) is 0 Å². The van der Waals surface area contributed by atoms with Crippen LogP contribution < -0.4 is 4.74 Å². The number of carbonyl (C=O) groups excluding carboxylic acids is 2. The number of thioether (sulfide) groups is 1. The van der Waals surface area contributed by atoms with Gasteiger partial charge < -0.3 is 9.47 Å². The van der Waals surface area contributed by atoms with Crippen molar-refractivity contribution in [3.63, 3.8) is 0 Å². The molecule has 0 atom stereocenters. The van der Waals surface area contributed by atoms with Crippen molar-refractivity contribution in [2.24, 2.45) is 0 Å². The van der Waals surface area contributed by atoms with Gasteiger partial charge in [-0.05, 0) is 48.0 Å². The van der Waals surface area contributed by atoms with Crippen LogP contribution in [-0.4, -0.2) is 43.4 Å². The van der Waals surface area contributed by atoms with Gasteiger partial charge in [-0.25, -0.2) is 0 Å². The van der Waals surface area contributed by atoms with E-state index in [9.17, 15) is 9.59 Å². The summed E-state index contributed by atoms with van der Waals surface area (Å²) in [7, 11) is 3.14. The molecule has 1 heterocycles.